The molecule has 39 heavy (non-hydrogen) atoms. The Morgan fingerprint density at radius 1 is 0.615 bits per heavy atom. The average Bonchev–Trinajstić information content (AvgIpc) is 2.94. The molecule has 0 saturated heterocycles. The highest BCUT2D eigenvalue weighted by Crippen LogP contribution is 2.13. The van der Waals surface area contributed by atoms with Gasteiger partial charge in [0.05, 0.1) is 18.8 Å². The van der Waals surface area contributed by atoms with Gasteiger partial charge in [-0.25, -0.2) is 0 Å². The molecule has 5 heteroatoms. The van der Waals surface area contributed by atoms with Crippen LogP contribution in [0.2, 0.25) is 0 Å². The Hall–Kier alpha value is -1.17. The summed E-state index contributed by atoms with van der Waals surface area (Å²) in [6.07, 6.45) is 33.3. The topological polar surface area (TPSA) is 89.8 Å². The summed E-state index contributed by atoms with van der Waals surface area (Å²) in [7, 11) is 0. The molecule has 3 unspecified atom stereocenters. The van der Waals surface area contributed by atoms with Gasteiger partial charge >= 0.3 is 0 Å². The second-order valence-electron chi connectivity index (χ2n) is 11.4. The highest BCUT2D eigenvalue weighted by molar-refractivity contribution is 5.80. The quantitative estimate of drug-likeness (QED) is 0.0556. The van der Waals surface area contributed by atoms with Crippen LogP contribution < -0.4 is 5.32 Å². The van der Waals surface area contributed by atoms with Gasteiger partial charge < -0.3 is 20.6 Å². The highest BCUT2D eigenvalue weighted by Gasteiger charge is 2.22. The van der Waals surface area contributed by atoms with Gasteiger partial charge in [0, 0.05) is 0 Å². The smallest absolute Gasteiger partial charge is 0.249 e. The molecular formula is C34H65NO4. The predicted molar refractivity (Wildman–Crippen MR) is 167 cm³/mol. The van der Waals surface area contributed by atoms with Gasteiger partial charge in [-0.1, -0.05) is 154 Å². The Labute approximate surface area is 241 Å². The fourth-order valence-corrected chi connectivity index (χ4v) is 4.84. The summed E-state index contributed by atoms with van der Waals surface area (Å²) in [5.74, 6) is -0.516. The molecule has 3 atom stereocenters. The van der Waals surface area contributed by atoms with E-state index in [1.54, 1.807) is 6.08 Å². The van der Waals surface area contributed by atoms with Gasteiger partial charge in [-0.05, 0) is 32.1 Å². The second-order valence-corrected chi connectivity index (χ2v) is 11.4. The first-order valence-corrected chi connectivity index (χ1v) is 16.7. The number of carbonyl (C=O) groups excluding carboxylic acids is 1. The van der Waals surface area contributed by atoms with E-state index in [0.717, 1.165) is 38.5 Å². The molecule has 5 nitrogen and oxygen atoms in total. The van der Waals surface area contributed by atoms with E-state index in [-0.39, 0.29) is 6.61 Å². The number of unbranched alkanes of at least 4 members (excludes halogenated alkanes) is 19. The fourth-order valence-electron chi connectivity index (χ4n) is 4.84. The number of carbonyl (C=O) groups is 1. The first-order chi connectivity index (χ1) is 19.1. The van der Waals surface area contributed by atoms with Crippen molar-refractivity contribution in [1.82, 2.24) is 5.32 Å². The molecule has 0 bridgehead atoms. The van der Waals surface area contributed by atoms with Crippen molar-refractivity contribution in [3.63, 3.8) is 0 Å². The third kappa shape index (κ3) is 25.5. The van der Waals surface area contributed by atoms with Crippen molar-refractivity contribution in [3.05, 3.63) is 24.3 Å². The zero-order chi connectivity index (χ0) is 28.8. The first kappa shape index (κ1) is 37.8. The van der Waals surface area contributed by atoms with Crippen LogP contribution in [0.15, 0.2) is 24.3 Å². The number of aliphatic hydroxyl groups excluding tert-OH is 3. The Morgan fingerprint density at radius 3 is 1.56 bits per heavy atom. The third-order valence-electron chi connectivity index (χ3n) is 7.54. The lowest BCUT2D eigenvalue weighted by atomic mass is 10.0. The van der Waals surface area contributed by atoms with Gasteiger partial charge in [0.15, 0.2) is 0 Å². The number of allylic oxidation sites excluding steroid dienone is 3. The predicted octanol–water partition coefficient (Wildman–Crippen LogP) is 8.31. The number of rotatable bonds is 29. The molecule has 0 aliphatic heterocycles. The SMILES string of the molecule is CCCCCCCCCC=CCCC=CC(O)C(CO)NC(=O)C(O)CCCCCCCCCCCCCC. The Kier molecular flexibility index (Phi) is 28.9. The van der Waals surface area contributed by atoms with Crippen LogP contribution in [0.1, 0.15) is 162 Å². The summed E-state index contributed by atoms with van der Waals surface area (Å²) in [6, 6.07) is -0.807. The molecule has 0 saturated carbocycles. The van der Waals surface area contributed by atoms with E-state index in [0.29, 0.717) is 6.42 Å². The first-order valence-electron chi connectivity index (χ1n) is 16.7. The molecule has 0 aromatic heterocycles. The number of hydrogen-bond acceptors (Lipinski definition) is 4. The molecule has 0 heterocycles. The van der Waals surface area contributed by atoms with Crippen LogP contribution in [-0.4, -0.2) is 46.1 Å². The zero-order valence-electron chi connectivity index (χ0n) is 25.8. The maximum Gasteiger partial charge on any atom is 0.249 e. The Bertz CT molecular complexity index is 578. The van der Waals surface area contributed by atoms with Crippen molar-refractivity contribution >= 4 is 5.91 Å². The van der Waals surface area contributed by atoms with E-state index in [1.165, 1.54) is 103 Å². The summed E-state index contributed by atoms with van der Waals surface area (Å²) < 4.78 is 0. The second kappa shape index (κ2) is 29.8. The van der Waals surface area contributed by atoms with Crippen molar-refractivity contribution in [2.24, 2.45) is 0 Å². The lowest BCUT2D eigenvalue weighted by Gasteiger charge is -2.21. The normalized spacial score (nSPS) is 14.3. The largest absolute Gasteiger partial charge is 0.394 e. The number of hydrogen-bond donors (Lipinski definition) is 4. The summed E-state index contributed by atoms with van der Waals surface area (Å²) >= 11 is 0. The molecule has 0 fully saturated rings. The van der Waals surface area contributed by atoms with Crippen LogP contribution in [0.5, 0.6) is 0 Å². The zero-order valence-corrected chi connectivity index (χ0v) is 25.8. The third-order valence-corrected chi connectivity index (χ3v) is 7.54. The molecule has 1 amide bonds. The van der Waals surface area contributed by atoms with Gasteiger partial charge in [0.1, 0.15) is 6.10 Å². The molecule has 230 valence electrons. The Morgan fingerprint density at radius 2 is 1.05 bits per heavy atom. The highest BCUT2D eigenvalue weighted by atomic mass is 16.3. The molecule has 4 N–H and O–H groups in total. The standard InChI is InChI=1S/C34H65NO4/c1-3-5-7-9-11-13-15-17-19-20-22-24-26-28-32(37)31(30-36)35-34(39)33(38)29-27-25-23-21-18-16-14-12-10-8-6-4-2/h19-20,26,28,31-33,36-38H,3-18,21-25,27,29-30H2,1-2H3,(H,35,39). The van der Waals surface area contributed by atoms with Gasteiger partial charge in [0.25, 0.3) is 0 Å². The maximum atomic E-state index is 12.3. The van der Waals surface area contributed by atoms with Crippen LogP contribution in [0.25, 0.3) is 0 Å². The van der Waals surface area contributed by atoms with E-state index >= 15 is 0 Å². The summed E-state index contributed by atoms with van der Waals surface area (Å²) in [6.45, 7) is 4.12. The van der Waals surface area contributed by atoms with Crippen LogP contribution in [0.3, 0.4) is 0 Å². The Balaban J connectivity index is 3.85. The minimum Gasteiger partial charge on any atom is -0.394 e. The summed E-state index contributed by atoms with van der Waals surface area (Å²) in [4.78, 5) is 12.3. The van der Waals surface area contributed by atoms with Gasteiger partial charge in [-0.3, -0.25) is 4.79 Å². The van der Waals surface area contributed by atoms with Crippen molar-refractivity contribution < 1.29 is 20.1 Å². The van der Waals surface area contributed by atoms with Gasteiger partial charge in [0.2, 0.25) is 5.91 Å². The van der Waals surface area contributed by atoms with Crippen molar-refractivity contribution in [2.45, 2.75) is 180 Å². The molecule has 0 spiro atoms. The monoisotopic (exact) mass is 551 g/mol. The van der Waals surface area contributed by atoms with E-state index in [4.69, 9.17) is 0 Å². The van der Waals surface area contributed by atoms with Crippen LogP contribution in [-0.2, 0) is 4.79 Å². The van der Waals surface area contributed by atoms with Gasteiger partial charge in [-0.15, -0.1) is 0 Å². The number of amides is 1. The van der Waals surface area contributed by atoms with Crippen LogP contribution in [0, 0.1) is 0 Å². The van der Waals surface area contributed by atoms with Crippen molar-refractivity contribution in [2.75, 3.05) is 6.61 Å². The lowest BCUT2D eigenvalue weighted by Crippen LogP contribution is -2.48. The summed E-state index contributed by atoms with van der Waals surface area (Å²) in [5, 5.41) is 32.8. The molecule has 0 aliphatic rings. The van der Waals surface area contributed by atoms with E-state index < -0.39 is 24.2 Å². The maximum absolute atomic E-state index is 12.3. The molecule has 0 aromatic carbocycles. The van der Waals surface area contributed by atoms with Crippen molar-refractivity contribution in [3.8, 4) is 0 Å². The molecule has 0 rings (SSSR count). The van der Waals surface area contributed by atoms with Crippen LogP contribution in [0.4, 0.5) is 0 Å². The minimum absolute atomic E-state index is 0.374. The average molecular weight is 552 g/mol. The summed E-state index contributed by atoms with van der Waals surface area (Å²) in [5.41, 5.74) is 0. The molecular weight excluding hydrogens is 486 g/mol. The van der Waals surface area contributed by atoms with Gasteiger partial charge in [-0.2, -0.15) is 0 Å². The molecule has 0 radical (unpaired) electrons. The molecule has 0 aliphatic carbocycles. The van der Waals surface area contributed by atoms with E-state index in [2.05, 4.69) is 31.3 Å². The van der Waals surface area contributed by atoms with E-state index in [9.17, 15) is 20.1 Å². The van der Waals surface area contributed by atoms with E-state index in [1.807, 2.05) is 6.08 Å². The fraction of sp³-hybridized carbons (Fsp3) is 0.853. The number of nitrogens with one attached hydrogen (secondary N) is 1. The minimum atomic E-state index is -1.10. The molecule has 0 aromatic rings. The number of aliphatic hydroxyl groups is 3. The van der Waals surface area contributed by atoms with Crippen LogP contribution >= 0.6 is 0 Å². The van der Waals surface area contributed by atoms with Crippen molar-refractivity contribution in [1.29, 1.82) is 0 Å². The lowest BCUT2D eigenvalue weighted by molar-refractivity contribution is -0.131.